The van der Waals surface area contributed by atoms with Gasteiger partial charge in [0.2, 0.25) is 0 Å². The Kier molecular flexibility index (Phi) is 6.20. The van der Waals surface area contributed by atoms with Crippen molar-refractivity contribution in [2.75, 3.05) is 11.4 Å². The van der Waals surface area contributed by atoms with Gasteiger partial charge in [-0.25, -0.2) is 0 Å². The number of nitro groups is 1. The van der Waals surface area contributed by atoms with Gasteiger partial charge < -0.3 is 4.90 Å². The van der Waals surface area contributed by atoms with Crippen LogP contribution in [0.15, 0.2) is 35.3 Å². The van der Waals surface area contributed by atoms with Gasteiger partial charge in [0.05, 0.1) is 15.6 Å². The third-order valence-corrected chi connectivity index (χ3v) is 6.08. The Morgan fingerprint density at radius 3 is 2.66 bits per heavy atom. The van der Waals surface area contributed by atoms with E-state index in [1.54, 1.807) is 12.3 Å². The maximum Gasteiger partial charge on any atom is 0.290 e. The van der Waals surface area contributed by atoms with Crippen LogP contribution in [-0.4, -0.2) is 23.2 Å². The van der Waals surface area contributed by atoms with Crippen LogP contribution in [0.3, 0.4) is 0 Å². The van der Waals surface area contributed by atoms with Crippen LogP contribution in [0.5, 0.6) is 0 Å². The van der Waals surface area contributed by atoms with Crippen molar-refractivity contribution in [1.82, 2.24) is 0 Å². The van der Waals surface area contributed by atoms with Crippen LogP contribution in [-0.2, 0) is 0 Å². The largest absolute Gasteiger partial charge is 0.366 e. The van der Waals surface area contributed by atoms with Crippen LogP contribution in [0.4, 0.5) is 17.1 Å². The van der Waals surface area contributed by atoms with E-state index in [2.05, 4.69) is 43.7 Å². The lowest BCUT2D eigenvalue weighted by atomic mass is 9.79. The van der Waals surface area contributed by atoms with E-state index >= 15 is 0 Å². The highest BCUT2D eigenvalue weighted by atomic mass is 35.5. The van der Waals surface area contributed by atoms with Crippen molar-refractivity contribution in [3.05, 3.63) is 61.6 Å². The standard InChI is InChI=1S/C22H25Cl2N3O2/c1-5-8-26-20-11-19(24)15(9-17(20)14(2)12-22(26,3)4)13-25-16-6-7-18(23)21(10-16)27(28)29/h6-7,9-11,13-14H,5,8,12H2,1-4H3. The van der Waals surface area contributed by atoms with Gasteiger partial charge in [-0.15, -0.1) is 0 Å². The zero-order valence-corrected chi connectivity index (χ0v) is 18.6. The molecule has 0 saturated heterocycles. The van der Waals surface area contributed by atoms with Crippen LogP contribution in [0.2, 0.25) is 10.0 Å². The van der Waals surface area contributed by atoms with Gasteiger partial charge >= 0.3 is 0 Å². The van der Waals surface area contributed by atoms with Gasteiger partial charge in [0, 0.05) is 35.6 Å². The zero-order chi connectivity index (χ0) is 21.3. The summed E-state index contributed by atoms with van der Waals surface area (Å²) in [7, 11) is 0. The molecular formula is C22H25Cl2N3O2. The van der Waals surface area contributed by atoms with Crippen molar-refractivity contribution in [3.8, 4) is 0 Å². The molecule has 2 aromatic carbocycles. The van der Waals surface area contributed by atoms with Crippen LogP contribution < -0.4 is 4.90 Å². The molecule has 0 aliphatic carbocycles. The second-order valence-corrected chi connectivity index (χ2v) is 8.97. The molecule has 0 fully saturated rings. The van der Waals surface area contributed by atoms with Crippen molar-refractivity contribution in [3.63, 3.8) is 0 Å². The Morgan fingerprint density at radius 2 is 2.00 bits per heavy atom. The third-order valence-electron chi connectivity index (χ3n) is 5.43. The van der Waals surface area contributed by atoms with E-state index in [4.69, 9.17) is 23.2 Å². The van der Waals surface area contributed by atoms with Crippen LogP contribution in [0, 0.1) is 10.1 Å². The molecule has 0 N–H and O–H groups in total. The predicted octanol–water partition coefficient (Wildman–Crippen LogP) is 7.15. The van der Waals surface area contributed by atoms with Gasteiger partial charge in [0.1, 0.15) is 5.02 Å². The van der Waals surface area contributed by atoms with Crippen LogP contribution in [0.25, 0.3) is 0 Å². The molecule has 0 bridgehead atoms. The second kappa shape index (κ2) is 8.33. The summed E-state index contributed by atoms with van der Waals surface area (Å²) < 4.78 is 0. The molecule has 1 aliphatic heterocycles. The first kappa shape index (κ1) is 21.6. The highest BCUT2D eigenvalue weighted by molar-refractivity contribution is 6.33. The smallest absolute Gasteiger partial charge is 0.290 e. The minimum atomic E-state index is -0.515. The van der Waals surface area contributed by atoms with E-state index < -0.39 is 4.92 Å². The lowest BCUT2D eigenvalue weighted by molar-refractivity contribution is -0.384. The molecule has 0 radical (unpaired) electrons. The Labute approximate surface area is 181 Å². The van der Waals surface area contributed by atoms with Crippen molar-refractivity contribution >= 4 is 46.5 Å². The molecule has 1 atom stereocenters. The second-order valence-electron chi connectivity index (χ2n) is 8.15. The van der Waals surface area contributed by atoms with Crippen molar-refractivity contribution < 1.29 is 4.92 Å². The number of nitrogens with zero attached hydrogens (tertiary/aromatic N) is 3. The summed E-state index contributed by atoms with van der Waals surface area (Å²) >= 11 is 12.5. The average Bonchev–Trinajstić information content (AvgIpc) is 2.64. The van der Waals surface area contributed by atoms with E-state index in [1.807, 2.05) is 6.07 Å². The Bertz CT molecular complexity index is 973. The number of hydrogen-bond acceptors (Lipinski definition) is 4. The summed E-state index contributed by atoms with van der Waals surface area (Å²) in [5.41, 5.74) is 3.60. The Morgan fingerprint density at radius 1 is 1.28 bits per heavy atom. The van der Waals surface area contributed by atoms with Crippen molar-refractivity contribution in [2.24, 2.45) is 4.99 Å². The summed E-state index contributed by atoms with van der Waals surface area (Å²) in [5.74, 6) is 0.397. The molecule has 0 saturated carbocycles. The number of hydrogen-bond donors (Lipinski definition) is 0. The topological polar surface area (TPSA) is 58.7 Å². The van der Waals surface area contributed by atoms with Crippen molar-refractivity contribution in [2.45, 2.75) is 52.0 Å². The average molecular weight is 434 g/mol. The van der Waals surface area contributed by atoms with Gasteiger partial charge in [-0.2, -0.15) is 0 Å². The van der Waals surface area contributed by atoms with Gasteiger partial charge in [0.15, 0.2) is 0 Å². The van der Waals surface area contributed by atoms with E-state index in [1.165, 1.54) is 23.4 Å². The monoisotopic (exact) mass is 433 g/mol. The number of aliphatic imine (C=N–C) groups is 1. The molecule has 154 valence electrons. The first-order valence-electron chi connectivity index (χ1n) is 9.73. The van der Waals surface area contributed by atoms with Crippen LogP contribution in [0.1, 0.15) is 57.6 Å². The molecule has 0 amide bonds. The van der Waals surface area contributed by atoms with E-state index in [9.17, 15) is 10.1 Å². The third kappa shape index (κ3) is 4.41. The minimum absolute atomic E-state index is 0.0730. The number of fused-ring (bicyclic) bond motifs is 1. The molecular weight excluding hydrogens is 409 g/mol. The first-order valence-corrected chi connectivity index (χ1v) is 10.5. The molecule has 1 unspecified atom stereocenters. The summed E-state index contributed by atoms with van der Waals surface area (Å²) in [5, 5.41) is 11.8. The molecule has 1 heterocycles. The summed E-state index contributed by atoms with van der Waals surface area (Å²) in [4.78, 5) is 17.4. The first-order chi connectivity index (χ1) is 13.6. The predicted molar refractivity (Wildman–Crippen MR) is 122 cm³/mol. The number of halogens is 2. The summed E-state index contributed by atoms with van der Waals surface area (Å²) in [6, 6.07) is 8.60. The number of rotatable bonds is 5. The fraction of sp³-hybridized carbons (Fsp3) is 0.409. The molecule has 29 heavy (non-hydrogen) atoms. The Balaban J connectivity index is 1.99. The zero-order valence-electron chi connectivity index (χ0n) is 17.1. The maximum atomic E-state index is 11.1. The van der Waals surface area contributed by atoms with Gasteiger partial charge in [-0.05, 0) is 62.4 Å². The van der Waals surface area contributed by atoms with Gasteiger partial charge in [-0.3, -0.25) is 15.1 Å². The lowest BCUT2D eigenvalue weighted by Gasteiger charge is -2.47. The number of benzene rings is 2. The van der Waals surface area contributed by atoms with E-state index in [-0.39, 0.29) is 16.2 Å². The molecule has 2 aromatic rings. The maximum absolute atomic E-state index is 11.1. The van der Waals surface area contributed by atoms with E-state index in [0.717, 1.165) is 24.9 Å². The highest BCUT2D eigenvalue weighted by Crippen LogP contribution is 2.45. The van der Waals surface area contributed by atoms with Crippen molar-refractivity contribution in [1.29, 1.82) is 0 Å². The molecule has 0 spiro atoms. The number of nitro benzene ring substituents is 1. The summed E-state index contributed by atoms with van der Waals surface area (Å²) in [6.45, 7) is 9.95. The minimum Gasteiger partial charge on any atom is -0.366 e. The highest BCUT2D eigenvalue weighted by Gasteiger charge is 2.36. The van der Waals surface area contributed by atoms with Crippen LogP contribution >= 0.6 is 23.2 Å². The number of anilines is 1. The van der Waals surface area contributed by atoms with Gasteiger partial charge in [-0.1, -0.05) is 37.0 Å². The fourth-order valence-corrected chi connectivity index (χ4v) is 4.53. The molecule has 5 nitrogen and oxygen atoms in total. The molecule has 7 heteroatoms. The summed E-state index contributed by atoms with van der Waals surface area (Å²) in [6.07, 6.45) is 3.78. The Hall–Kier alpha value is -2.11. The molecule has 3 rings (SSSR count). The fourth-order valence-electron chi connectivity index (χ4n) is 4.13. The normalized spacial score (nSPS) is 18.1. The SMILES string of the molecule is CCCN1c2cc(Cl)c(C=Nc3ccc(Cl)c([N+](=O)[O-])c3)cc2C(C)CC1(C)C. The molecule has 1 aliphatic rings. The molecule has 0 aromatic heterocycles. The lowest BCUT2D eigenvalue weighted by Crippen LogP contribution is -2.48. The van der Waals surface area contributed by atoms with Gasteiger partial charge in [0.25, 0.3) is 5.69 Å². The van der Waals surface area contributed by atoms with E-state index in [0.29, 0.717) is 16.6 Å². The quantitative estimate of drug-likeness (QED) is 0.285.